The van der Waals surface area contributed by atoms with Gasteiger partial charge in [0, 0.05) is 0 Å². The molecule has 0 heterocycles. The highest BCUT2D eigenvalue weighted by Crippen LogP contribution is 2.43. The molecular weight excluding hydrogens is 399 g/mol. The van der Waals surface area contributed by atoms with Crippen LogP contribution in [0, 0.1) is 5.92 Å². The molecule has 0 fully saturated rings. The van der Waals surface area contributed by atoms with Crippen molar-refractivity contribution < 1.29 is 0 Å². The van der Waals surface area contributed by atoms with Crippen molar-refractivity contribution in [2.45, 2.75) is 148 Å². The van der Waals surface area contributed by atoms with Crippen LogP contribution >= 0.6 is 26.2 Å². The fourth-order valence-electron chi connectivity index (χ4n) is 4.24. The molecule has 0 saturated carbocycles. The zero-order valence-electron chi connectivity index (χ0n) is 18.8. The lowest BCUT2D eigenvalue weighted by Gasteiger charge is -2.39. The van der Waals surface area contributed by atoms with Crippen LogP contribution in [0.5, 0.6) is 0 Å². The molecule has 0 aromatic rings. The molecule has 0 aromatic carbocycles. The molecule has 26 heavy (non-hydrogen) atoms. The maximum atomic E-state index is 3.38. The Bertz CT molecular complexity index is 259. The van der Waals surface area contributed by atoms with Gasteiger partial charge in [-0.1, -0.05) is 118 Å². The summed E-state index contributed by atoms with van der Waals surface area (Å²) in [5.41, 5.74) is 0. The topological polar surface area (TPSA) is 0 Å². The van der Waals surface area contributed by atoms with Crippen LogP contribution in [0.15, 0.2) is 0 Å². The van der Waals surface area contributed by atoms with Crippen molar-refractivity contribution in [2.24, 2.45) is 5.92 Å². The monoisotopic (exact) mass is 450 g/mol. The highest BCUT2D eigenvalue weighted by atomic mass is 79.9. The molecule has 160 valence electrons. The van der Waals surface area contributed by atoms with Crippen LogP contribution in [-0.2, 0) is 0 Å². The first-order valence-electron chi connectivity index (χ1n) is 11.9. The largest absolute Gasteiger partial charge is 0.131 e. The van der Waals surface area contributed by atoms with E-state index in [0.717, 1.165) is 5.92 Å². The van der Waals surface area contributed by atoms with Crippen LogP contribution in [0.25, 0.3) is 0 Å². The third-order valence-electron chi connectivity index (χ3n) is 6.12. The first kappa shape index (κ1) is 29.1. The van der Waals surface area contributed by atoms with E-state index in [4.69, 9.17) is 0 Å². The summed E-state index contributed by atoms with van der Waals surface area (Å²) in [6.45, 7) is 9.37. The molecule has 0 nitrogen and oxygen atoms in total. The molecule has 2 unspecified atom stereocenters. The van der Waals surface area contributed by atoms with E-state index in [1.807, 2.05) is 0 Å². The minimum atomic E-state index is 0. The lowest BCUT2D eigenvalue weighted by Crippen LogP contribution is -2.32. The van der Waals surface area contributed by atoms with Gasteiger partial charge < -0.3 is 0 Å². The van der Waals surface area contributed by atoms with Crippen LogP contribution in [0.1, 0.15) is 143 Å². The summed E-state index contributed by atoms with van der Waals surface area (Å²) in [4.78, 5) is 0. The van der Waals surface area contributed by atoms with E-state index in [9.17, 15) is 0 Å². The lowest BCUT2D eigenvalue weighted by molar-refractivity contribution is 0.274. The van der Waals surface area contributed by atoms with Crippen molar-refractivity contribution in [2.75, 3.05) is 0 Å². The zero-order chi connectivity index (χ0) is 18.8. The Labute approximate surface area is 180 Å². The summed E-state index contributed by atoms with van der Waals surface area (Å²) >= 11 is 0. The SMILES string of the molecule is Br.CCCCCCCCCCC(CCCC)C(P)(CCCC)CCCC. The Morgan fingerprint density at radius 1 is 0.538 bits per heavy atom. The van der Waals surface area contributed by atoms with E-state index >= 15 is 0 Å². The third-order valence-corrected chi connectivity index (χ3v) is 7.17. The molecule has 0 amide bonds. The van der Waals surface area contributed by atoms with Gasteiger partial charge in [-0.15, -0.1) is 26.2 Å². The minimum absolute atomic E-state index is 0. The molecule has 0 aliphatic heterocycles. The molecule has 0 aliphatic carbocycles. The minimum Gasteiger partial charge on any atom is -0.131 e. The van der Waals surface area contributed by atoms with Crippen molar-refractivity contribution in [3.63, 3.8) is 0 Å². The third kappa shape index (κ3) is 14.9. The maximum Gasteiger partial charge on any atom is -0.0122 e. The van der Waals surface area contributed by atoms with Crippen LogP contribution in [0.3, 0.4) is 0 Å². The molecule has 0 bridgehead atoms. The molecule has 2 atom stereocenters. The highest BCUT2D eigenvalue weighted by molar-refractivity contribution is 8.93. The smallest absolute Gasteiger partial charge is 0.0122 e. The predicted molar refractivity (Wildman–Crippen MR) is 132 cm³/mol. The molecule has 0 N–H and O–H groups in total. The average Bonchev–Trinajstić information content (AvgIpc) is 2.62. The Balaban J connectivity index is 0. The molecule has 0 saturated heterocycles. The van der Waals surface area contributed by atoms with Crippen molar-refractivity contribution in [1.29, 1.82) is 0 Å². The lowest BCUT2D eigenvalue weighted by atomic mass is 9.77. The van der Waals surface area contributed by atoms with Gasteiger partial charge in [0.05, 0.1) is 0 Å². The van der Waals surface area contributed by atoms with Gasteiger partial charge >= 0.3 is 0 Å². The summed E-state index contributed by atoms with van der Waals surface area (Å²) in [5, 5.41) is 0.530. The molecular formula is C24H52BrP. The summed E-state index contributed by atoms with van der Waals surface area (Å²) in [5.74, 6) is 0.940. The fourth-order valence-corrected chi connectivity index (χ4v) is 4.98. The molecule has 0 rings (SSSR count). The van der Waals surface area contributed by atoms with Crippen LogP contribution in [0.4, 0.5) is 0 Å². The Morgan fingerprint density at radius 3 is 1.38 bits per heavy atom. The number of hydrogen-bond donors (Lipinski definition) is 0. The summed E-state index contributed by atoms with van der Waals surface area (Å²) in [6.07, 6.45) is 25.7. The first-order chi connectivity index (χ1) is 12.1. The first-order valence-corrected chi connectivity index (χ1v) is 12.5. The molecule has 0 radical (unpaired) electrons. The number of hydrogen-bond acceptors (Lipinski definition) is 0. The van der Waals surface area contributed by atoms with E-state index in [1.54, 1.807) is 0 Å². The van der Waals surface area contributed by atoms with Crippen molar-refractivity contribution in [1.82, 2.24) is 0 Å². The van der Waals surface area contributed by atoms with E-state index in [0.29, 0.717) is 5.16 Å². The van der Waals surface area contributed by atoms with Crippen molar-refractivity contribution in [3.05, 3.63) is 0 Å². The highest BCUT2D eigenvalue weighted by Gasteiger charge is 2.32. The van der Waals surface area contributed by atoms with E-state index in [2.05, 4.69) is 36.9 Å². The second kappa shape index (κ2) is 20.6. The van der Waals surface area contributed by atoms with Gasteiger partial charge in [0.1, 0.15) is 0 Å². The molecule has 0 spiro atoms. The maximum absolute atomic E-state index is 3.38. The van der Waals surface area contributed by atoms with E-state index in [1.165, 1.54) is 116 Å². The fraction of sp³-hybridized carbons (Fsp3) is 1.00. The number of halogens is 1. The van der Waals surface area contributed by atoms with Gasteiger partial charge in [-0.2, -0.15) is 0 Å². The number of unbranched alkanes of at least 4 members (excludes halogenated alkanes) is 10. The Morgan fingerprint density at radius 2 is 0.923 bits per heavy atom. The standard InChI is InChI=1S/C24H51P.BrH/c1-5-9-13-14-15-16-17-18-20-23(19-10-6-2)24(25,21-11-7-3)22-12-8-4;/h23H,5-22,25H2,1-4H3;1H. The molecule has 2 heteroatoms. The van der Waals surface area contributed by atoms with Gasteiger partial charge in [-0.25, -0.2) is 0 Å². The van der Waals surface area contributed by atoms with Crippen LogP contribution in [0.2, 0.25) is 0 Å². The number of rotatable bonds is 19. The second-order valence-corrected chi connectivity index (χ2v) is 9.69. The quantitative estimate of drug-likeness (QED) is 0.135. The van der Waals surface area contributed by atoms with E-state index < -0.39 is 0 Å². The van der Waals surface area contributed by atoms with Crippen molar-refractivity contribution in [3.8, 4) is 0 Å². The van der Waals surface area contributed by atoms with Gasteiger partial charge in [0.25, 0.3) is 0 Å². The average molecular weight is 452 g/mol. The predicted octanol–water partition coefficient (Wildman–Crippen LogP) is 9.90. The second-order valence-electron chi connectivity index (χ2n) is 8.54. The normalized spacial score (nSPS) is 12.8. The summed E-state index contributed by atoms with van der Waals surface area (Å²) < 4.78 is 0. The zero-order valence-corrected chi connectivity index (χ0v) is 21.7. The molecule has 0 aromatic heterocycles. The van der Waals surface area contributed by atoms with Gasteiger partial charge in [0.15, 0.2) is 0 Å². The van der Waals surface area contributed by atoms with E-state index in [-0.39, 0.29) is 17.0 Å². The van der Waals surface area contributed by atoms with Gasteiger partial charge in [-0.05, 0) is 36.8 Å². The van der Waals surface area contributed by atoms with Crippen LogP contribution in [-0.4, -0.2) is 5.16 Å². The Kier molecular flexibility index (Phi) is 23.1. The summed E-state index contributed by atoms with van der Waals surface area (Å²) in [7, 11) is 3.38. The van der Waals surface area contributed by atoms with Crippen LogP contribution < -0.4 is 0 Å². The van der Waals surface area contributed by atoms with Gasteiger partial charge in [-0.3, -0.25) is 0 Å². The Hall–Kier alpha value is 0.910. The van der Waals surface area contributed by atoms with Gasteiger partial charge in [0.2, 0.25) is 0 Å². The summed E-state index contributed by atoms with van der Waals surface area (Å²) in [6, 6.07) is 0. The molecule has 0 aliphatic rings. The van der Waals surface area contributed by atoms with Crippen molar-refractivity contribution >= 4 is 26.2 Å².